The molecule has 0 atom stereocenters. The van der Waals surface area contributed by atoms with Crippen molar-refractivity contribution < 1.29 is 4.79 Å². The molecular formula is C17H12Cl2N2OS. The van der Waals surface area contributed by atoms with E-state index >= 15 is 0 Å². The molecule has 0 amide bonds. The Morgan fingerprint density at radius 2 is 1.83 bits per heavy atom. The van der Waals surface area contributed by atoms with Crippen LogP contribution in [0.5, 0.6) is 0 Å². The van der Waals surface area contributed by atoms with Crippen LogP contribution in [-0.4, -0.2) is 16.1 Å². The van der Waals surface area contributed by atoms with Crippen molar-refractivity contribution in [1.82, 2.24) is 9.78 Å². The van der Waals surface area contributed by atoms with Crippen LogP contribution in [0.4, 0.5) is 0 Å². The molecule has 0 saturated carbocycles. The molecule has 0 spiro atoms. The molecule has 2 aromatic carbocycles. The Labute approximate surface area is 148 Å². The molecular weight excluding hydrogens is 351 g/mol. The number of hydrogen-bond acceptors (Lipinski definition) is 3. The third kappa shape index (κ3) is 3.44. The van der Waals surface area contributed by atoms with Crippen LogP contribution in [0.25, 0.3) is 5.69 Å². The minimum Gasteiger partial charge on any atom is -0.298 e. The summed E-state index contributed by atoms with van der Waals surface area (Å²) in [4.78, 5) is 12.5. The zero-order valence-corrected chi connectivity index (χ0v) is 14.5. The van der Waals surface area contributed by atoms with Crippen LogP contribution < -0.4 is 0 Å². The maximum Gasteiger partial charge on any atom is 0.154 e. The normalized spacial score (nSPS) is 10.7. The third-order valence-corrected chi connectivity index (χ3v) is 4.84. The summed E-state index contributed by atoms with van der Waals surface area (Å²) in [5.41, 5.74) is 2.06. The van der Waals surface area contributed by atoms with E-state index in [1.807, 2.05) is 49.4 Å². The number of benzene rings is 2. The van der Waals surface area contributed by atoms with Crippen molar-refractivity contribution in [3.05, 3.63) is 69.8 Å². The van der Waals surface area contributed by atoms with Gasteiger partial charge in [0.25, 0.3) is 0 Å². The second kappa shape index (κ2) is 6.79. The second-order valence-electron chi connectivity index (χ2n) is 4.87. The first-order valence-electron chi connectivity index (χ1n) is 6.82. The number of halogens is 2. The molecule has 6 heteroatoms. The van der Waals surface area contributed by atoms with Gasteiger partial charge in [-0.2, -0.15) is 5.10 Å². The van der Waals surface area contributed by atoms with E-state index < -0.39 is 0 Å². The van der Waals surface area contributed by atoms with Gasteiger partial charge in [0.15, 0.2) is 6.29 Å². The summed E-state index contributed by atoms with van der Waals surface area (Å²) in [6.07, 6.45) is 0.835. The first-order valence-corrected chi connectivity index (χ1v) is 8.40. The largest absolute Gasteiger partial charge is 0.298 e. The quantitative estimate of drug-likeness (QED) is 0.578. The molecule has 0 aliphatic heterocycles. The maximum absolute atomic E-state index is 11.5. The number of aryl methyl sites for hydroxylation is 1. The van der Waals surface area contributed by atoms with E-state index in [0.29, 0.717) is 21.3 Å². The minimum atomic E-state index is 0.574. The summed E-state index contributed by atoms with van der Waals surface area (Å²) in [5.74, 6) is 0. The number of carbonyl (C=O) groups excluding carboxylic acids is 1. The van der Waals surface area contributed by atoms with Crippen LogP contribution in [0, 0.1) is 6.92 Å². The molecule has 1 aromatic heterocycles. The molecule has 23 heavy (non-hydrogen) atoms. The summed E-state index contributed by atoms with van der Waals surface area (Å²) in [6.45, 7) is 1.82. The van der Waals surface area contributed by atoms with Gasteiger partial charge in [0.05, 0.1) is 16.9 Å². The smallest absolute Gasteiger partial charge is 0.154 e. The Hall–Kier alpha value is -1.75. The molecule has 3 nitrogen and oxygen atoms in total. The molecule has 0 radical (unpaired) electrons. The van der Waals surface area contributed by atoms with Gasteiger partial charge in [-0.3, -0.25) is 4.79 Å². The third-order valence-electron chi connectivity index (χ3n) is 3.26. The molecule has 0 aliphatic rings. The minimum absolute atomic E-state index is 0.574. The van der Waals surface area contributed by atoms with Crippen molar-refractivity contribution in [3.8, 4) is 5.69 Å². The highest BCUT2D eigenvalue weighted by Gasteiger charge is 2.17. The second-order valence-corrected chi connectivity index (χ2v) is 6.80. The van der Waals surface area contributed by atoms with Gasteiger partial charge >= 0.3 is 0 Å². The number of hydrogen-bond donors (Lipinski definition) is 0. The van der Waals surface area contributed by atoms with Gasteiger partial charge in [-0.25, -0.2) is 4.68 Å². The fourth-order valence-electron chi connectivity index (χ4n) is 2.15. The Bertz CT molecular complexity index is 860. The van der Waals surface area contributed by atoms with Gasteiger partial charge in [0, 0.05) is 14.9 Å². The van der Waals surface area contributed by atoms with Crippen LogP contribution in [0.1, 0.15) is 16.1 Å². The summed E-state index contributed by atoms with van der Waals surface area (Å²) in [6, 6.07) is 14.8. The van der Waals surface area contributed by atoms with Crippen LogP contribution >= 0.6 is 35.0 Å². The number of carbonyl (C=O) groups is 1. The van der Waals surface area contributed by atoms with Crippen LogP contribution in [0.15, 0.2) is 58.5 Å². The maximum atomic E-state index is 11.5. The standard InChI is InChI=1S/C17H12Cl2N2OS/c1-11-16(10-22)17(23-15-7-5-12(18)6-8-15)21(20-11)14-4-2-3-13(19)9-14/h2-10H,1H3. The highest BCUT2D eigenvalue weighted by Crippen LogP contribution is 2.34. The lowest BCUT2D eigenvalue weighted by atomic mass is 10.3. The Morgan fingerprint density at radius 1 is 1.09 bits per heavy atom. The zero-order chi connectivity index (χ0) is 16.4. The predicted octanol–water partition coefficient (Wildman–Crippen LogP) is 5.45. The molecule has 3 rings (SSSR count). The molecule has 0 bridgehead atoms. The van der Waals surface area contributed by atoms with Crippen molar-refractivity contribution >= 4 is 41.2 Å². The first-order chi connectivity index (χ1) is 11.1. The number of aromatic nitrogens is 2. The molecule has 0 unspecified atom stereocenters. The summed E-state index contributed by atoms with van der Waals surface area (Å²) >= 11 is 13.5. The van der Waals surface area contributed by atoms with Gasteiger partial charge in [0.2, 0.25) is 0 Å². The molecule has 116 valence electrons. The topological polar surface area (TPSA) is 34.9 Å². The monoisotopic (exact) mass is 362 g/mol. The van der Waals surface area contributed by atoms with Crippen molar-refractivity contribution in [3.63, 3.8) is 0 Å². The summed E-state index contributed by atoms with van der Waals surface area (Å²) in [7, 11) is 0. The van der Waals surface area contributed by atoms with Crippen LogP contribution in [-0.2, 0) is 0 Å². The van der Waals surface area contributed by atoms with Crippen molar-refractivity contribution in [2.24, 2.45) is 0 Å². The van der Waals surface area contributed by atoms with Gasteiger partial charge in [0.1, 0.15) is 5.03 Å². The lowest BCUT2D eigenvalue weighted by Gasteiger charge is -2.08. The van der Waals surface area contributed by atoms with Crippen molar-refractivity contribution in [1.29, 1.82) is 0 Å². The highest BCUT2D eigenvalue weighted by molar-refractivity contribution is 7.99. The Kier molecular flexibility index (Phi) is 4.76. The Morgan fingerprint density at radius 3 is 2.48 bits per heavy atom. The molecule has 0 saturated heterocycles. The highest BCUT2D eigenvalue weighted by atomic mass is 35.5. The predicted molar refractivity (Wildman–Crippen MR) is 94.3 cm³/mol. The summed E-state index contributed by atoms with van der Waals surface area (Å²) < 4.78 is 1.74. The lowest BCUT2D eigenvalue weighted by Crippen LogP contribution is -1.98. The van der Waals surface area contributed by atoms with Crippen molar-refractivity contribution in [2.75, 3.05) is 0 Å². The Balaban J connectivity index is 2.10. The SMILES string of the molecule is Cc1nn(-c2cccc(Cl)c2)c(Sc2ccc(Cl)cc2)c1C=O. The molecule has 0 fully saturated rings. The fourth-order valence-corrected chi connectivity index (χ4v) is 3.49. The van der Waals surface area contributed by atoms with Gasteiger partial charge in [-0.1, -0.05) is 41.0 Å². The van der Waals surface area contributed by atoms with E-state index in [1.165, 1.54) is 11.8 Å². The van der Waals surface area contributed by atoms with Gasteiger partial charge in [-0.05, 0) is 49.4 Å². The van der Waals surface area contributed by atoms with E-state index in [2.05, 4.69) is 5.10 Å². The van der Waals surface area contributed by atoms with Gasteiger partial charge < -0.3 is 0 Å². The van der Waals surface area contributed by atoms with Crippen LogP contribution in [0.3, 0.4) is 0 Å². The van der Waals surface area contributed by atoms with E-state index in [0.717, 1.165) is 21.9 Å². The molecule has 1 heterocycles. The van der Waals surface area contributed by atoms with Gasteiger partial charge in [-0.15, -0.1) is 0 Å². The van der Waals surface area contributed by atoms with Crippen molar-refractivity contribution in [2.45, 2.75) is 16.8 Å². The fraction of sp³-hybridized carbons (Fsp3) is 0.0588. The van der Waals surface area contributed by atoms with E-state index in [9.17, 15) is 4.79 Å². The zero-order valence-electron chi connectivity index (χ0n) is 12.2. The molecule has 0 aliphatic carbocycles. The number of nitrogens with zero attached hydrogens (tertiary/aromatic N) is 2. The van der Waals surface area contributed by atoms with Crippen LogP contribution in [0.2, 0.25) is 10.0 Å². The number of aldehydes is 1. The molecule has 0 N–H and O–H groups in total. The van der Waals surface area contributed by atoms with E-state index in [-0.39, 0.29) is 0 Å². The average molecular weight is 363 g/mol. The summed E-state index contributed by atoms with van der Waals surface area (Å²) in [5, 5.41) is 6.53. The van der Waals surface area contributed by atoms with E-state index in [4.69, 9.17) is 23.2 Å². The van der Waals surface area contributed by atoms with E-state index in [1.54, 1.807) is 10.7 Å². The lowest BCUT2D eigenvalue weighted by molar-refractivity contribution is 0.112. The number of rotatable bonds is 4. The molecule has 3 aromatic rings. The first kappa shape index (κ1) is 16.1. The average Bonchev–Trinajstić information content (AvgIpc) is 2.85.